The minimum Gasteiger partial charge on any atom is -0.481 e. The van der Waals surface area contributed by atoms with Crippen molar-refractivity contribution in [2.24, 2.45) is 0 Å². The first-order valence-corrected chi connectivity index (χ1v) is 5.66. The zero-order chi connectivity index (χ0) is 14.7. The fourth-order valence-corrected chi connectivity index (χ4v) is 1.85. The Kier molecular flexibility index (Phi) is 3.94. The standard InChI is InChI=1S/C12H12FN3O4/c1-20-9-3-2-7-11(16-9)10(6(13)4-14-7)8(5-17)15-12(18)19/h2-4,8,15,17H,5H2,1H3,(H,18,19)/t8-/m1/s1. The number of halogens is 1. The van der Waals surface area contributed by atoms with Gasteiger partial charge in [0.15, 0.2) is 0 Å². The second kappa shape index (κ2) is 5.66. The number of fused-ring (bicyclic) bond motifs is 1. The first-order valence-electron chi connectivity index (χ1n) is 5.66. The van der Waals surface area contributed by atoms with Crippen LogP contribution in [0.5, 0.6) is 5.88 Å². The van der Waals surface area contributed by atoms with Gasteiger partial charge in [-0.3, -0.25) is 4.98 Å². The Morgan fingerprint density at radius 2 is 2.30 bits per heavy atom. The summed E-state index contributed by atoms with van der Waals surface area (Å²) in [5.41, 5.74) is 0.434. The Morgan fingerprint density at radius 1 is 1.55 bits per heavy atom. The van der Waals surface area contributed by atoms with Crippen LogP contribution in [0.3, 0.4) is 0 Å². The smallest absolute Gasteiger partial charge is 0.405 e. The van der Waals surface area contributed by atoms with Crippen LogP contribution < -0.4 is 10.1 Å². The molecule has 0 saturated carbocycles. The average Bonchev–Trinajstić information content (AvgIpc) is 2.44. The van der Waals surface area contributed by atoms with Gasteiger partial charge in [0, 0.05) is 11.6 Å². The van der Waals surface area contributed by atoms with Gasteiger partial charge in [-0.2, -0.15) is 0 Å². The normalized spacial score (nSPS) is 12.2. The third-order valence-electron chi connectivity index (χ3n) is 2.72. The summed E-state index contributed by atoms with van der Waals surface area (Å²) in [4.78, 5) is 18.6. The molecule has 0 radical (unpaired) electrons. The molecule has 0 saturated heterocycles. The first-order chi connectivity index (χ1) is 9.56. The van der Waals surface area contributed by atoms with Gasteiger partial charge in [-0.1, -0.05) is 0 Å². The van der Waals surface area contributed by atoms with Crippen LogP contribution in [0.2, 0.25) is 0 Å². The maximum atomic E-state index is 14.0. The van der Waals surface area contributed by atoms with Crippen molar-refractivity contribution >= 4 is 17.1 Å². The fourth-order valence-electron chi connectivity index (χ4n) is 1.85. The number of nitrogens with one attached hydrogen (secondary N) is 1. The minimum absolute atomic E-state index is 0.0706. The van der Waals surface area contributed by atoms with Crippen LogP contribution in [0.15, 0.2) is 18.3 Å². The Balaban J connectivity index is 2.64. The molecule has 0 bridgehead atoms. The molecule has 3 N–H and O–H groups in total. The number of hydrogen-bond acceptors (Lipinski definition) is 5. The molecule has 106 valence electrons. The van der Waals surface area contributed by atoms with E-state index in [1.807, 2.05) is 5.32 Å². The second-order valence-electron chi connectivity index (χ2n) is 3.93. The molecule has 2 aromatic heterocycles. The molecule has 7 nitrogen and oxygen atoms in total. The number of nitrogens with zero attached hydrogens (tertiary/aromatic N) is 2. The quantitative estimate of drug-likeness (QED) is 0.774. The lowest BCUT2D eigenvalue weighted by Crippen LogP contribution is -2.30. The molecule has 2 rings (SSSR count). The molecule has 0 aliphatic heterocycles. The van der Waals surface area contributed by atoms with Gasteiger partial charge in [0.1, 0.15) is 11.3 Å². The van der Waals surface area contributed by atoms with Crippen molar-refractivity contribution in [3.8, 4) is 5.88 Å². The third-order valence-corrected chi connectivity index (χ3v) is 2.72. The summed E-state index contributed by atoms with van der Waals surface area (Å²) < 4.78 is 18.9. The molecule has 0 aliphatic rings. The molecule has 1 atom stereocenters. The van der Waals surface area contributed by atoms with Gasteiger partial charge in [0.05, 0.1) is 31.5 Å². The van der Waals surface area contributed by atoms with Gasteiger partial charge in [-0.25, -0.2) is 14.2 Å². The van der Waals surface area contributed by atoms with E-state index in [0.717, 1.165) is 6.20 Å². The molecule has 2 aromatic rings. The van der Waals surface area contributed by atoms with Crippen LogP contribution in [-0.4, -0.2) is 40.0 Å². The van der Waals surface area contributed by atoms with Crippen molar-refractivity contribution < 1.29 is 24.1 Å². The summed E-state index contributed by atoms with van der Waals surface area (Å²) in [6, 6.07) is 1.98. The van der Waals surface area contributed by atoms with Crippen LogP contribution in [-0.2, 0) is 0 Å². The Bertz CT molecular complexity index is 650. The lowest BCUT2D eigenvalue weighted by molar-refractivity contribution is 0.177. The van der Waals surface area contributed by atoms with E-state index in [1.165, 1.54) is 7.11 Å². The molecule has 0 unspecified atom stereocenters. The topological polar surface area (TPSA) is 105 Å². The monoisotopic (exact) mass is 281 g/mol. The number of hydrogen-bond donors (Lipinski definition) is 3. The second-order valence-corrected chi connectivity index (χ2v) is 3.93. The van der Waals surface area contributed by atoms with Gasteiger partial charge in [0.2, 0.25) is 5.88 Å². The number of carboxylic acid groups (broad SMARTS) is 1. The number of methoxy groups -OCH3 is 1. The number of aliphatic hydroxyl groups excluding tert-OH is 1. The number of amides is 1. The SMILES string of the molecule is COc1ccc2ncc(F)c([C@@H](CO)NC(=O)O)c2n1. The highest BCUT2D eigenvalue weighted by atomic mass is 19.1. The Morgan fingerprint density at radius 3 is 2.90 bits per heavy atom. The van der Waals surface area contributed by atoms with Crippen LogP contribution in [0, 0.1) is 5.82 Å². The number of ether oxygens (including phenoxy) is 1. The first kappa shape index (κ1) is 13.9. The predicted octanol–water partition coefficient (Wildman–Crippen LogP) is 1.08. The van der Waals surface area contributed by atoms with Gasteiger partial charge < -0.3 is 20.3 Å². The summed E-state index contributed by atoms with van der Waals surface area (Å²) in [5.74, 6) is -0.524. The van der Waals surface area contributed by atoms with E-state index < -0.39 is 24.6 Å². The van der Waals surface area contributed by atoms with E-state index in [2.05, 4.69) is 9.97 Å². The Hall–Kier alpha value is -2.48. The highest BCUT2D eigenvalue weighted by Gasteiger charge is 2.22. The van der Waals surface area contributed by atoms with Crippen LogP contribution in [0.1, 0.15) is 11.6 Å². The van der Waals surface area contributed by atoms with E-state index in [-0.39, 0.29) is 17.0 Å². The summed E-state index contributed by atoms with van der Waals surface area (Å²) in [7, 11) is 1.40. The minimum atomic E-state index is -1.38. The van der Waals surface area contributed by atoms with Crippen molar-refractivity contribution in [1.29, 1.82) is 0 Å². The van der Waals surface area contributed by atoms with E-state index >= 15 is 0 Å². The average molecular weight is 281 g/mol. The van der Waals surface area contributed by atoms with Gasteiger partial charge in [-0.05, 0) is 6.07 Å². The lowest BCUT2D eigenvalue weighted by Gasteiger charge is -2.17. The van der Waals surface area contributed by atoms with Gasteiger partial charge in [0.25, 0.3) is 0 Å². The predicted molar refractivity (Wildman–Crippen MR) is 67.0 cm³/mol. The number of aromatic nitrogens is 2. The number of carbonyl (C=O) groups is 1. The summed E-state index contributed by atoms with van der Waals surface area (Å²) >= 11 is 0. The summed E-state index contributed by atoms with van der Waals surface area (Å²) in [5, 5.41) is 20.0. The molecule has 20 heavy (non-hydrogen) atoms. The van der Waals surface area contributed by atoms with Crippen molar-refractivity contribution in [2.45, 2.75) is 6.04 Å². The number of aliphatic hydroxyl groups is 1. The third kappa shape index (κ3) is 2.59. The zero-order valence-corrected chi connectivity index (χ0v) is 10.5. The van der Waals surface area contributed by atoms with Crippen molar-refractivity contribution in [2.75, 3.05) is 13.7 Å². The molecule has 0 spiro atoms. The largest absolute Gasteiger partial charge is 0.481 e. The maximum absolute atomic E-state index is 14.0. The molecule has 0 fully saturated rings. The fraction of sp³-hybridized carbons (Fsp3) is 0.250. The Labute approximate surface area is 113 Å². The molecular formula is C12H12FN3O4. The molecular weight excluding hydrogens is 269 g/mol. The van der Waals surface area contributed by atoms with Crippen molar-refractivity contribution in [1.82, 2.24) is 15.3 Å². The number of rotatable bonds is 4. The van der Waals surface area contributed by atoms with Gasteiger partial charge >= 0.3 is 6.09 Å². The van der Waals surface area contributed by atoms with E-state index in [9.17, 15) is 14.3 Å². The molecule has 8 heteroatoms. The highest BCUT2D eigenvalue weighted by molar-refractivity contribution is 5.79. The summed E-state index contributed by atoms with van der Waals surface area (Å²) in [6.07, 6.45) is -0.422. The van der Waals surface area contributed by atoms with Crippen LogP contribution in [0.25, 0.3) is 11.0 Å². The molecule has 0 aliphatic carbocycles. The van der Waals surface area contributed by atoms with E-state index in [0.29, 0.717) is 5.52 Å². The maximum Gasteiger partial charge on any atom is 0.405 e. The molecule has 1 amide bonds. The van der Waals surface area contributed by atoms with Gasteiger partial charge in [-0.15, -0.1) is 0 Å². The number of pyridine rings is 2. The van der Waals surface area contributed by atoms with Crippen molar-refractivity contribution in [3.05, 3.63) is 29.7 Å². The van der Waals surface area contributed by atoms with E-state index in [1.54, 1.807) is 12.1 Å². The molecule has 0 aromatic carbocycles. The molecule has 2 heterocycles. The highest BCUT2D eigenvalue weighted by Crippen LogP contribution is 2.26. The summed E-state index contributed by atoms with van der Waals surface area (Å²) in [6.45, 7) is -0.610. The lowest BCUT2D eigenvalue weighted by atomic mass is 10.1. The van der Waals surface area contributed by atoms with Crippen LogP contribution in [0.4, 0.5) is 9.18 Å². The zero-order valence-electron chi connectivity index (χ0n) is 10.5. The van der Waals surface area contributed by atoms with E-state index in [4.69, 9.17) is 9.84 Å². The van der Waals surface area contributed by atoms with Crippen molar-refractivity contribution in [3.63, 3.8) is 0 Å². The van der Waals surface area contributed by atoms with Crippen LogP contribution >= 0.6 is 0 Å².